The van der Waals surface area contributed by atoms with Gasteiger partial charge in [0.2, 0.25) is 0 Å². The zero-order valence-corrected chi connectivity index (χ0v) is 12.0. The smallest absolute Gasteiger partial charge is 0.103 e. The molecule has 1 unspecified atom stereocenters. The van der Waals surface area contributed by atoms with E-state index in [9.17, 15) is 5.11 Å². The van der Waals surface area contributed by atoms with E-state index in [0.717, 1.165) is 23.6 Å². The summed E-state index contributed by atoms with van der Waals surface area (Å²) in [7, 11) is 0. The zero-order valence-electron chi connectivity index (χ0n) is 11.3. The SMILES string of the molecule is CCn1nc(C)c(Cl)c1CC(O)c1cnc(C)cn1. The second-order valence-electron chi connectivity index (χ2n) is 4.46. The maximum absolute atomic E-state index is 10.2. The fourth-order valence-electron chi connectivity index (χ4n) is 1.93. The van der Waals surface area contributed by atoms with Crippen molar-refractivity contribution in [3.05, 3.63) is 40.2 Å². The molecule has 0 amide bonds. The first-order chi connectivity index (χ1) is 9.02. The molecule has 2 rings (SSSR count). The summed E-state index contributed by atoms with van der Waals surface area (Å²) in [6.45, 7) is 6.42. The summed E-state index contributed by atoms with van der Waals surface area (Å²) in [5, 5.41) is 15.2. The van der Waals surface area contributed by atoms with Gasteiger partial charge >= 0.3 is 0 Å². The second kappa shape index (κ2) is 5.67. The van der Waals surface area contributed by atoms with Crippen LogP contribution < -0.4 is 0 Å². The molecule has 0 aromatic carbocycles. The van der Waals surface area contributed by atoms with Crippen molar-refractivity contribution in [2.45, 2.75) is 39.8 Å². The molecular weight excluding hydrogens is 264 g/mol. The molecule has 0 fully saturated rings. The summed E-state index contributed by atoms with van der Waals surface area (Å²) in [6.07, 6.45) is 2.88. The van der Waals surface area contributed by atoms with Crippen LogP contribution in [0.25, 0.3) is 0 Å². The van der Waals surface area contributed by atoms with E-state index in [-0.39, 0.29) is 0 Å². The Morgan fingerprint density at radius 2 is 2.05 bits per heavy atom. The summed E-state index contributed by atoms with van der Waals surface area (Å²) in [5.74, 6) is 0. The van der Waals surface area contributed by atoms with Crippen LogP contribution in [0.15, 0.2) is 12.4 Å². The van der Waals surface area contributed by atoms with E-state index in [1.165, 1.54) is 0 Å². The molecule has 0 saturated heterocycles. The lowest BCUT2D eigenvalue weighted by molar-refractivity contribution is 0.170. The fraction of sp³-hybridized carbons (Fsp3) is 0.462. The zero-order chi connectivity index (χ0) is 14.0. The summed E-state index contributed by atoms with van der Waals surface area (Å²) in [5.41, 5.74) is 2.98. The van der Waals surface area contributed by atoms with E-state index < -0.39 is 6.10 Å². The van der Waals surface area contributed by atoms with Crippen LogP contribution in [-0.2, 0) is 13.0 Å². The lowest BCUT2D eigenvalue weighted by atomic mass is 10.1. The maximum Gasteiger partial charge on any atom is 0.103 e. The number of hydrogen-bond donors (Lipinski definition) is 1. The number of aryl methyl sites for hydroxylation is 3. The van der Waals surface area contributed by atoms with Crippen molar-refractivity contribution in [3.8, 4) is 0 Å². The van der Waals surface area contributed by atoms with E-state index >= 15 is 0 Å². The number of aromatic nitrogens is 4. The van der Waals surface area contributed by atoms with Gasteiger partial charge in [0.05, 0.1) is 34.0 Å². The third-order valence-corrected chi connectivity index (χ3v) is 3.47. The van der Waals surface area contributed by atoms with Gasteiger partial charge in [-0.25, -0.2) is 0 Å². The summed E-state index contributed by atoms with van der Waals surface area (Å²) < 4.78 is 1.81. The van der Waals surface area contributed by atoms with Crippen LogP contribution in [0.1, 0.15) is 35.8 Å². The third-order valence-electron chi connectivity index (χ3n) is 2.98. The number of hydrogen-bond acceptors (Lipinski definition) is 4. The Morgan fingerprint density at radius 1 is 1.32 bits per heavy atom. The maximum atomic E-state index is 10.2. The molecule has 5 nitrogen and oxygen atoms in total. The van der Waals surface area contributed by atoms with Crippen molar-refractivity contribution in [2.24, 2.45) is 0 Å². The van der Waals surface area contributed by atoms with Gasteiger partial charge in [-0.2, -0.15) is 5.10 Å². The number of nitrogens with zero attached hydrogens (tertiary/aromatic N) is 4. The predicted octanol–water partition coefficient (Wildman–Crippen LogP) is 2.24. The summed E-state index contributed by atoms with van der Waals surface area (Å²) in [6, 6.07) is 0. The number of rotatable bonds is 4. The largest absolute Gasteiger partial charge is 0.386 e. The van der Waals surface area contributed by atoms with Gasteiger partial charge in [-0.15, -0.1) is 0 Å². The summed E-state index contributed by atoms with van der Waals surface area (Å²) in [4.78, 5) is 8.32. The molecule has 0 spiro atoms. The van der Waals surface area contributed by atoms with E-state index in [0.29, 0.717) is 17.1 Å². The van der Waals surface area contributed by atoms with Crippen LogP contribution >= 0.6 is 11.6 Å². The van der Waals surface area contributed by atoms with E-state index in [4.69, 9.17) is 11.6 Å². The molecule has 2 aromatic rings. The first-order valence-corrected chi connectivity index (χ1v) is 6.59. The van der Waals surface area contributed by atoms with Gasteiger partial charge in [-0.3, -0.25) is 14.6 Å². The number of aliphatic hydroxyl groups excluding tert-OH is 1. The highest BCUT2D eigenvalue weighted by Gasteiger charge is 2.18. The standard InChI is InChI=1S/C13H17ClN4O/c1-4-18-11(13(14)9(3)17-18)5-12(19)10-7-15-8(2)6-16-10/h6-7,12,19H,4-5H2,1-3H3. The Bertz CT molecular complexity index is 565. The Labute approximate surface area is 117 Å². The molecule has 1 N–H and O–H groups in total. The molecule has 0 saturated carbocycles. The predicted molar refractivity (Wildman–Crippen MR) is 73.1 cm³/mol. The van der Waals surface area contributed by atoms with Gasteiger partial charge in [0, 0.05) is 19.2 Å². The molecule has 0 aliphatic rings. The first kappa shape index (κ1) is 14.0. The van der Waals surface area contributed by atoms with Gasteiger partial charge in [-0.1, -0.05) is 11.6 Å². The van der Waals surface area contributed by atoms with Gasteiger partial charge in [-0.05, 0) is 20.8 Å². The minimum atomic E-state index is -0.730. The van der Waals surface area contributed by atoms with Gasteiger partial charge in [0.25, 0.3) is 0 Å². The van der Waals surface area contributed by atoms with Gasteiger partial charge < -0.3 is 5.11 Å². The van der Waals surface area contributed by atoms with Crippen molar-refractivity contribution in [2.75, 3.05) is 0 Å². The van der Waals surface area contributed by atoms with Gasteiger partial charge in [0.1, 0.15) is 6.10 Å². The minimum Gasteiger partial charge on any atom is -0.386 e. The van der Waals surface area contributed by atoms with E-state index in [2.05, 4.69) is 15.1 Å². The lowest BCUT2D eigenvalue weighted by Gasteiger charge is -2.11. The molecule has 6 heteroatoms. The molecule has 0 radical (unpaired) electrons. The third kappa shape index (κ3) is 2.93. The Balaban J connectivity index is 2.23. The second-order valence-corrected chi connectivity index (χ2v) is 4.84. The van der Waals surface area contributed by atoms with Crippen LogP contribution in [0, 0.1) is 13.8 Å². The molecular formula is C13H17ClN4O. The molecule has 2 aromatic heterocycles. The molecule has 0 aliphatic heterocycles. The topological polar surface area (TPSA) is 63.8 Å². The fourth-order valence-corrected chi connectivity index (χ4v) is 2.14. The van der Waals surface area contributed by atoms with E-state index in [1.54, 1.807) is 12.4 Å². The van der Waals surface area contributed by atoms with Crippen LogP contribution in [0.4, 0.5) is 0 Å². The molecule has 102 valence electrons. The Morgan fingerprint density at radius 3 is 2.63 bits per heavy atom. The molecule has 0 aliphatic carbocycles. The number of aliphatic hydroxyl groups is 1. The minimum absolute atomic E-state index is 0.380. The molecule has 2 heterocycles. The van der Waals surface area contributed by atoms with Crippen molar-refractivity contribution in [1.29, 1.82) is 0 Å². The highest BCUT2D eigenvalue weighted by molar-refractivity contribution is 6.31. The van der Waals surface area contributed by atoms with Crippen LogP contribution in [0.3, 0.4) is 0 Å². The average Bonchev–Trinajstić information content (AvgIpc) is 2.67. The molecule has 1 atom stereocenters. The van der Waals surface area contributed by atoms with Crippen LogP contribution in [0.5, 0.6) is 0 Å². The van der Waals surface area contributed by atoms with Crippen LogP contribution in [0.2, 0.25) is 5.02 Å². The highest BCUT2D eigenvalue weighted by atomic mass is 35.5. The highest BCUT2D eigenvalue weighted by Crippen LogP contribution is 2.25. The quantitative estimate of drug-likeness (QED) is 0.933. The monoisotopic (exact) mass is 280 g/mol. The van der Waals surface area contributed by atoms with Crippen molar-refractivity contribution < 1.29 is 5.11 Å². The van der Waals surface area contributed by atoms with Crippen molar-refractivity contribution in [3.63, 3.8) is 0 Å². The average molecular weight is 281 g/mol. The molecule has 0 bridgehead atoms. The number of halogens is 1. The van der Waals surface area contributed by atoms with Gasteiger partial charge in [0.15, 0.2) is 0 Å². The normalized spacial score (nSPS) is 12.7. The Kier molecular flexibility index (Phi) is 4.17. The van der Waals surface area contributed by atoms with E-state index in [1.807, 2.05) is 25.5 Å². The van der Waals surface area contributed by atoms with Crippen LogP contribution in [-0.4, -0.2) is 24.9 Å². The Hall–Kier alpha value is -1.46. The lowest BCUT2D eigenvalue weighted by Crippen LogP contribution is -2.10. The van der Waals surface area contributed by atoms with Crippen molar-refractivity contribution in [1.82, 2.24) is 19.7 Å². The van der Waals surface area contributed by atoms with Crippen molar-refractivity contribution >= 4 is 11.6 Å². The summed E-state index contributed by atoms with van der Waals surface area (Å²) >= 11 is 6.22. The molecule has 19 heavy (non-hydrogen) atoms. The first-order valence-electron chi connectivity index (χ1n) is 6.21.